The van der Waals surface area contributed by atoms with Crippen LogP contribution in [-0.4, -0.2) is 25.7 Å². The second-order valence-corrected chi connectivity index (χ2v) is 5.66. The molecule has 23 heavy (non-hydrogen) atoms. The van der Waals surface area contributed by atoms with Crippen LogP contribution in [0.4, 0.5) is 0 Å². The van der Waals surface area contributed by atoms with Crippen molar-refractivity contribution in [2.45, 2.75) is 20.0 Å². The van der Waals surface area contributed by atoms with Gasteiger partial charge in [0.15, 0.2) is 11.5 Å². The summed E-state index contributed by atoms with van der Waals surface area (Å²) in [6.45, 7) is 4.02. The normalized spacial score (nSPS) is 11.4. The molecule has 0 spiro atoms. The Morgan fingerprint density at radius 3 is 2.57 bits per heavy atom. The van der Waals surface area contributed by atoms with E-state index >= 15 is 0 Å². The molecule has 2 heterocycles. The standard InChI is InChI=1S/C18H16N4O/c1-12(2)23-14-9-7-13(8-10-14)17-20-18-15-5-3-4-6-16(15)19-11-22(18)21-17/h3-12H,1-2H3. The van der Waals surface area contributed by atoms with Crippen LogP contribution < -0.4 is 4.74 Å². The van der Waals surface area contributed by atoms with E-state index in [1.165, 1.54) is 0 Å². The topological polar surface area (TPSA) is 52.3 Å². The van der Waals surface area contributed by atoms with Gasteiger partial charge in [-0.1, -0.05) is 12.1 Å². The van der Waals surface area contributed by atoms with E-state index in [1.807, 2.05) is 62.4 Å². The minimum absolute atomic E-state index is 0.159. The van der Waals surface area contributed by atoms with Crippen LogP contribution in [0, 0.1) is 0 Å². The first-order valence-electron chi connectivity index (χ1n) is 7.58. The number of fused-ring (bicyclic) bond motifs is 3. The molecule has 2 aromatic heterocycles. The summed E-state index contributed by atoms with van der Waals surface area (Å²) in [6, 6.07) is 15.8. The molecule has 0 aliphatic carbocycles. The molecule has 0 radical (unpaired) electrons. The van der Waals surface area contributed by atoms with E-state index in [2.05, 4.69) is 15.1 Å². The van der Waals surface area contributed by atoms with E-state index in [9.17, 15) is 0 Å². The van der Waals surface area contributed by atoms with Crippen LogP contribution in [0.3, 0.4) is 0 Å². The van der Waals surface area contributed by atoms with Gasteiger partial charge in [0.05, 0.1) is 11.6 Å². The Kier molecular flexibility index (Phi) is 3.19. The molecule has 0 fully saturated rings. The minimum Gasteiger partial charge on any atom is -0.491 e. The number of hydrogen-bond acceptors (Lipinski definition) is 4. The quantitative estimate of drug-likeness (QED) is 0.578. The number of ether oxygens (including phenoxy) is 1. The van der Waals surface area contributed by atoms with Crippen LogP contribution in [0.25, 0.3) is 27.9 Å². The van der Waals surface area contributed by atoms with Crippen LogP contribution in [0.1, 0.15) is 13.8 Å². The molecular formula is C18H16N4O. The summed E-state index contributed by atoms with van der Waals surface area (Å²) in [6.07, 6.45) is 1.86. The molecule has 4 rings (SSSR count). The van der Waals surface area contributed by atoms with Gasteiger partial charge in [0.25, 0.3) is 0 Å². The molecular weight excluding hydrogens is 288 g/mol. The first-order chi connectivity index (χ1) is 11.2. The molecule has 0 unspecified atom stereocenters. The molecule has 5 nitrogen and oxygen atoms in total. The maximum atomic E-state index is 5.67. The Balaban J connectivity index is 1.78. The Morgan fingerprint density at radius 1 is 1.00 bits per heavy atom. The Bertz CT molecular complexity index is 973. The Morgan fingerprint density at radius 2 is 1.78 bits per heavy atom. The molecule has 0 atom stereocenters. The molecule has 0 saturated carbocycles. The van der Waals surface area contributed by atoms with Gasteiger partial charge in [0.2, 0.25) is 0 Å². The molecule has 114 valence electrons. The van der Waals surface area contributed by atoms with Gasteiger partial charge in [-0.15, -0.1) is 5.10 Å². The highest BCUT2D eigenvalue weighted by Gasteiger charge is 2.10. The van der Waals surface area contributed by atoms with Crippen molar-refractivity contribution < 1.29 is 4.74 Å². The van der Waals surface area contributed by atoms with Crippen molar-refractivity contribution in [1.82, 2.24) is 19.6 Å². The predicted octanol–water partition coefficient (Wildman–Crippen LogP) is 3.73. The van der Waals surface area contributed by atoms with E-state index < -0.39 is 0 Å². The monoisotopic (exact) mass is 304 g/mol. The van der Waals surface area contributed by atoms with Gasteiger partial charge in [-0.2, -0.15) is 0 Å². The van der Waals surface area contributed by atoms with E-state index in [-0.39, 0.29) is 6.10 Å². The highest BCUT2D eigenvalue weighted by molar-refractivity contribution is 5.91. The largest absolute Gasteiger partial charge is 0.491 e. The van der Waals surface area contributed by atoms with Crippen molar-refractivity contribution in [2.24, 2.45) is 0 Å². The first kappa shape index (κ1) is 13.7. The average Bonchev–Trinajstić information content (AvgIpc) is 2.99. The smallest absolute Gasteiger partial charge is 0.182 e. The number of aromatic nitrogens is 4. The zero-order valence-electron chi connectivity index (χ0n) is 13.0. The average molecular weight is 304 g/mol. The van der Waals surface area contributed by atoms with Crippen LogP contribution in [0.15, 0.2) is 54.9 Å². The molecule has 0 N–H and O–H groups in total. The van der Waals surface area contributed by atoms with Crippen LogP contribution in [0.2, 0.25) is 0 Å². The van der Waals surface area contributed by atoms with E-state index in [1.54, 1.807) is 10.8 Å². The lowest BCUT2D eigenvalue weighted by Gasteiger charge is -2.09. The molecule has 0 saturated heterocycles. The fourth-order valence-electron chi connectivity index (χ4n) is 2.56. The number of nitrogens with zero attached hydrogens (tertiary/aromatic N) is 4. The molecule has 5 heteroatoms. The van der Waals surface area contributed by atoms with Crippen molar-refractivity contribution in [3.63, 3.8) is 0 Å². The highest BCUT2D eigenvalue weighted by Crippen LogP contribution is 2.23. The second kappa shape index (κ2) is 5.35. The number of hydrogen-bond donors (Lipinski definition) is 0. The third-order valence-electron chi connectivity index (χ3n) is 3.57. The van der Waals surface area contributed by atoms with Crippen molar-refractivity contribution in [1.29, 1.82) is 0 Å². The van der Waals surface area contributed by atoms with Crippen molar-refractivity contribution in [3.05, 3.63) is 54.9 Å². The molecule has 0 aliphatic heterocycles. The van der Waals surface area contributed by atoms with Gasteiger partial charge in [-0.25, -0.2) is 14.5 Å². The lowest BCUT2D eigenvalue weighted by Crippen LogP contribution is -2.05. The molecule has 0 aliphatic rings. The van der Waals surface area contributed by atoms with Gasteiger partial charge in [-0.05, 0) is 50.2 Å². The third kappa shape index (κ3) is 2.50. The van der Waals surface area contributed by atoms with Crippen LogP contribution in [0.5, 0.6) is 5.75 Å². The SMILES string of the molecule is CC(C)Oc1ccc(-c2nc3c4ccccc4ncn3n2)cc1. The zero-order valence-corrected chi connectivity index (χ0v) is 13.0. The van der Waals surface area contributed by atoms with Gasteiger partial charge < -0.3 is 4.74 Å². The van der Waals surface area contributed by atoms with Crippen molar-refractivity contribution in [3.8, 4) is 17.1 Å². The fourth-order valence-corrected chi connectivity index (χ4v) is 2.56. The second-order valence-electron chi connectivity index (χ2n) is 5.66. The number of rotatable bonds is 3. The first-order valence-corrected chi connectivity index (χ1v) is 7.58. The number of benzene rings is 2. The summed E-state index contributed by atoms with van der Waals surface area (Å²) < 4.78 is 7.38. The zero-order chi connectivity index (χ0) is 15.8. The van der Waals surface area contributed by atoms with Gasteiger partial charge >= 0.3 is 0 Å². The maximum absolute atomic E-state index is 5.67. The minimum atomic E-state index is 0.159. The molecule has 4 aromatic rings. The van der Waals surface area contributed by atoms with Crippen LogP contribution >= 0.6 is 0 Å². The lowest BCUT2D eigenvalue weighted by molar-refractivity contribution is 0.242. The molecule has 2 aromatic carbocycles. The summed E-state index contributed by atoms with van der Waals surface area (Å²) in [5.41, 5.74) is 2.68. The van der Waals surface area contributed by atoms with Gasteiger partial charge in [0.1, 0.15) is 12.1 Å². The van der Waals surface area contributed by atoms with Crippen LogP contribution in [-0.2, 0) is 0 Å². The Hall–Kier alpha value is -2.95. The van der Waals surface area contributed by atoms with E-state index in [4.69, 9.17) is 4.74 Å². The van der Waals surface area contributed by atoms with E-state index in [0.717, 1.165) is 27.9 Å². The number of para-hydroxylation sites is 1. The molecule has 0 amide bonds. The third-order valence-corrected chi connectivity index (χ3v) is 3.57. The van der Waals surface area contributed by atoms with Gasteiger partial charge in [-0.3, -0.25) is 0 Å². The summed E-state index contributed by atoms with van der Waals surface area (Å²) in [7, 11) is 0. The maximum Gasteiger partial charge on any atom is 0.182 e. The van der Waals surface area contributed by atoms with Crippen molar-refractivity contribution in [2.75, 3.05) is 0 Å². The van der Waals surface area contributed by atoms with E-state index in [0.29, 0.717) is 5.82 Å². The summed E-state index contributed by atoms with van der Waals surface area (Å²) in [4.78, 5) is 9.08. The predicted molar refractivity (Wildman–Crippen MR) is 89.5 cm³/mol. The highest BCUT2D eigenvalue weighted by atomic mass is 16.5. The summed E-state index contributed by atoms with van der Waals surface area (Å²) >= 11 is 0. The summed E-state index contributed by atoms with van der Waals surface area (Å²) in [5.74, 6) is 1.53. The van der Waals surface area contributed by atoms with Crippen molar-refractivity contribution >= 4 is 16.6 Å². The fraction of sp³-hybridized carbons (Fsp3) is 0.167. The van der Waals surface area contributed by atoms with Gasteiger partial charge in [0, 0.05) is 10.9 Å². The summed E-state index contributed by atoms with van der Waals surface area (Å²) in [5, 5.41) is 5.52. The Labute approximate surface area is 133 Å². The lowest BCUT2D eigenvalue weighted by atomic mass is 10.2. The molecule has 0 bridgehead atoms.